The minimum Gasteiger partial charge on any atom is -0.444 e. The smallest absolute Gasteiger partial charge is 0.407 e. The summed E-state index contributed by atoms with van der Waals surface area (Å²) in [6.07, 6.45) is 1.90. The van der Waals surface area contributed by atoms with E-state index in [2.05, 4.69) is 17.1 Å². The molecule has 0 aromatic carbocycles. The second-order valence-corrected chi connectivity index (χ2v) is 5.38. The predicted octanol–water partition coefficient (Wildman–Crippen LogP) is 2.00. The minimum atomic E-state index is -0.413. The molecule has 0 radical (unpaired) electrons. The summed E-state index contributed by atoms with van der Waals surface area (Å²) < 4.78 is 5.24. The molecule has 1 aliphatic rings. The van der Waals surface area contributed by atoms with Gasteiger partial charge in [-0.3, -0.25) is 0 Å². The van der Waals surface area contributed by atoms with Gasteiger partial charge in [-0.15, -0.1) is 0 Å². The van der Waals surface area contributed by atoms with Crippen molar-refractivity contribution in [1.29, 1.82) is 0 Å². The minimum absolute atomic E-state index is 0.239. The normalized spacial score (nSPS) is 22.9. The molecular formula is C12H24N2O2. The van der Waals surface area contributed by atoms with Crippen LogP contribution >= 0.6 is 0 Å². The summed E-state index contributed by atoms with van der Waals surface area (Å²) in [4.78, 5) is 13.9. The summed E-state index contributed by atoms with van der Waals surface area (Å²) in [7, 11) is 0. The molecule has 1 rings (SSSR count). The summed E-state index contributed by atoms with van der Waals surface area (Å²) in [6, 6.07) is 0.239. The zero-order valence-electron chi connectivity index (χ0n) is 10.9. The van der Waals surface area contributed by atoms with Gasteiger partial charge in [-0.1, -0.05) is 6.92 Å². The van der Waals surface area contributed by atoms with Crippen LogP contribution in [0.4, 0.5) is 4.79 Å². The second kappa shape index (κ2) is 5.53. The quantitative estimate of drug-likeness (QED) is 0.786. The van der Waals surface area contributed by atoms with E-state index < -0.39 is 5.60 Å². The van der Waals surface area contributed by atoms with Crippen LogP contribution in [0, 0.1) is 0 Å². The van der Waals surface area contributed by atoms with E-state index in [0.717, 1.165) is 32.5 Å². The molecule has 0 bridgehead atoms. The summed E-state index contributed by atoms with van der Waals surface area (Å²) in [5, 5.41) is 2.94. The van der Waals surface area contributed by atoms with E-state index in [1.54, 1.807) is 0 Å². The Balaban J connectivity index is 2.33. The molecule has 1 heterocycles. The zero-order valence-corrected chi connectivity index (χ0v) is 10.9. The van der Waals surface area contributed by atoms with Crippen LogP contribution in [-0.4, -0.2) is 42.3 Å². The fourth-order valence-corrected chi connectivity index (χ4v) is 1.93. The molecule has 0 saturated carbocycles. The molecule has 1 atom stereocenters. The SMILES string of the molecule is CCN1CCCC(NC(=O)OC(C)(C)C)C1. The van der Waals surface area contributed by atoms with Crippen LogP contribution in [0.5, 0.6) is 0 Å². The number of amides is 1. The number of hydrogen-bond acceptors (Lipinski definition) is 3. The van der Waals surface area contributed by atoms with Crippen LogP contribution in [0.25, 0.3) is 0 Å². The molecule has 4 nitrogen and oxygen atoms in total. The van der Waals surface area contributed by atoms with Crippen molar-refractivity contribution in [1.82, 2.24) is 10.2 Å². The lowest BCUT2D eigenvalue weighted by atomic mass is 10.1. The van der Waals surface area contributed by atoms with Gasteiger partial charge in [0.15, 0.2) is 0 Å². The number of nitrogens with zero attached hydrogens (tertiary/aromatic N) is 1. The lowest BCUT2D eigenvalue weighted by Crippen LogP contribution is -2.48. The number of ether oxygens (including phenoxy) is 1. The molecule has 94 valence electrons. The van der Waals surface area contributed by atoms with Crippen molar-refractivity contribution in [2.24, 2.45) is 0 Å². The van der Waals surface area contributed by atoms with Crippen LogP contribution in [-0.2, 0) is 4.74 Å². The molecule has 1 fully saturated rings. The van der Waals surface area contributed by atoms with E-state index in [0.29, 0.717) is 0 Å². The van der Waals surface area contributed by atoms with Gasteiger partial charge in [-0.25, -0.2) is 4.79 Å². The van der Waals surface area contributed by atoms with Crippen molar-refractivity contribution in [3.63, 3.8) is 0 Å². The van der Waals surface area contributed by atoms with E-state index in [9.17, 15) is 4.79 Å². The molecule has 1 N–H and O–H groups in total. The number of likely N-dealkylation sites (N-methyl/N-ethyl adjacent to an activating group) is 1. The first kappa shape index (κ1) is 13.3. The van der Waals surface area contributed by atoms with Gasteiger partial charge < -0.3 is 15.0 Å². The average Bonchev–Trinajstić information content (AvgIpc) is 2.15. The third-order valence-electron chi connectivity index (χ3n) is 2.67. The Morgan fingerprint density at radius 1 is 1.50 bits per heavy atom. The molecular weight excluding hydrogens is 204 g/mol. The molecule has 1 unspecified atom stereocenters. The number of carbonyl (C=O) groups excluding carboxylic acids is 1. The van der Waals surface area contributed by atoms with Crippen molar-refractivity contribution >= 4 is 6.09 Å². The van der Waals surface area contributed by atoms with Crippen LogP contribution in [0.1, 0.15) is 40.5 Å². The van der Waals surface area contributed by atoms with Crippen molar-refractivity contribution < 1.29 is 9.53 Å². The molecule has 1 saturated heterocycles. The van der Waals surface area contributed by atoms with Crippen molar-refractivity contribution in [2.45, 2.75) is 52.2 Å². The standard InChI is InChI=1S/C12H24N2O2/c1-5-14-8-6-7-10(9-14)13-11(15)16-12(2,3)4/h10H,5-9H2,1-4H3,(H,13,15). The summed E-state index contributed by atoms with van der Waals surface area (Å²) in [6.45, 7) is 10.9. The highest BCUT2D eigenvalue weighted by molar-refractivity contribution is 5.68. The monoisotopic (exact) mass is 228 g/mol. The van der Waals surface area contributed by atoms with Crippen molar-refractivity contribution in [2.75, 3.05) is 19.6 Å². The maximum atomic E-state index is 11.6. The maximum Gasteiger partial charge on any atom is 0.407 e. The van der Waals surface area contributed by atoms with Crippen LogP contribution in [0.2, 0.25) is 0 Å². The number of nitrogens with one attached hydrogen (secondary N) is 1. The fourth-order valence-electron chi connectivity index (χ4n) is 1.93. The van der Waals surface area contributed by atoms with Crippen molar-refractivity contribution in [3.05, 3.63) is 0 Å². The highest BCUT2D eigenvalue weighted by Crippen LogP contribution is 2.11. The van der Waals surface area contributed by atoms with Gasteiger partial charge in [0.05, 0.1) is 0 Å². The second-order valence-electron chi connectivity index (χ2n) is 5.38. The number of carbonyl (C=O) groups is 1. The first-order valence-corrected chi connectivity index (χ1v) is 6.12. The van der Waals surface area contributed by atoms with Gasteiger partial charge in [0, 0.05) is 12.6 Å². The van der Waals surface area contributed by atoms with Gasteiger partial charge in [0.25, 0.3) is 0 Å². The fraction of sp³-hybridized carbons (Fsp3) is 0.917. The van der Waals surface area contributed by atoms with Gasteiger partial charge in [-0.2, -0.15) is 0 Å². The van der Waals surface area contributed by atoms with Crippen LogP contribution in [0.15, 0.2) is 0 Å². The molecule has 1 aliphatic heterocycles. The average molecular weight is 228 g/mol. The Hall–Kier alpha value is -0.770. The summed E-state index contributed by atoms with van der Waals surface area (Å²) in [5.74, 6) is 0. The number of rotatable bonds is 2. The Morgan fingerprint density at radius 3 is 2.75 bits per heavy atom. The number of piperidine rings is 1. The Labute approximate surface area is 98.3 Å². The lowest BCUT2D eigenvalue weighted by Gasteiger charge is -2.32. The molecule has 4 heteroatoms. The topological polar surface area (TPSA) is 41.6 Å². The first-order chi connectivity index (χ1) is 7.40. The molecule has 1 amide bonds. The third kappa shape index (κ3) is 4.84. The van der Waals surface area contributed by atoms with Crippen molar-refractivity contribution in [3.8, 4) is 0 Å². The van der Waals surface area contributed by atoms with Crippen LogP contribution < -0.4 is 5.32 Å². The van der Waals surface area contributed by atoms with E-state index in [1.807, 2.05) is 20.8 Å². The molecule has 16 heavy (non-hydrogen) atoms. The number of likely N-dealkylation sites (tertiary alicyclic amines) is 1. The van der Waals surface area contributed by atoms with Gasteiger partial charge >= 0.3 is 6.09 Å². The van der Waals surface area contributed by atoms with Crippen LogP contribution in [0.3, 0.4) is 0 Å². The lowest BCUT2D eigenvalue weighted by molar-refractivity contribution is 0.0474. The first-order valence-electron chi connectivity index (χ1n) is 6.12. The van der Waals surface area contributed by atoms with Gasteiger partial charge in [0.2, 0.25) is 0 Å². The van der Waals surface area contributed by atoms with E-state index >= 15 is 0 Å². The Morgan fingerprint density at radius 2 is 2.19 bits per heavy atom. The molecule has 0 aliphatic carbocycles. The highest BCUT2D eigenvalue weighted by Gasteiger charge is 2.23. The predicted molar refractivity (Wildman–Crippen MR) is 64.5 cm³/mol. The Bertz CT molecular complexity index is 236. The highest BCUT2D eigenvalue weighted by atomic mass is 16.6. The molecule has 0 spiro atoms. The number of hydrogen-bond donors (Lipinski definition) is 1. The van der Waals surface area contributed by atoms with Gasteiger partial charge in [-0.05, 0) is 46.7 Å². The third-order valence-corrected chi connectivity index (χ3v) is 2.67. The van der Waals surface area contributed by atoms with E-state index in [-0.39, 0.29) is 12.1 Å². The van der Waals surface area contributed by atoms with E-state index in [4.69, 9.17) is 4.74 Å². The van der Waals surface area contributed by atoms with Gasteiger partial charge in [0.1, 0.15) is 5.60 Å². The Kier molecular flexibility index (Phi) is 4.59. The number of alkyl carbamates (subject to hydrolysis) is 1. The maximum absolute atomic E-state index is 11.6. The zero-order chi connectivity index (χ0) is 12.2. The molecule has 0 aromatic rings. The largest absolute Gasteiger partial charge is 0.444 e. The molecule has 0 aromatic heterocycles. The summed E-state index contributed by atoms with van der Waals surface area (Å²) in [5.41, 5.74) is -0.413. The van der Waals surface area contributed by atoms with E-state index in [1.165, 1.54) is 0 Å². The summed E-state index contributed by atoms with van der Waals surface area (Å²) >= 11 is 0.